The summed E-state index contributed by atoms with van der Waals surface area (Å²) in [6, 6.07) is 13.5. The Bertz CT molecular complexity index is 1190. The number of nitrogens with zero attached hydrogens (tertiary/aromatic N) is 4. The minimum atomic E-state index is -0.594. The fraction of sp³-hybridized carbons (Fsp3) is 0.280. The molecule has 0 aliphatic carbocycles. The van der Waals surface area contributed by atoms with Gasteiger partial charge in [-0.3, -0.25) is 4.98 Å². The number of pyridine rings is 1. The van der Waals surface area contributed by atoms with E-state index in [1.165, 1.54) is 0 Å². The Hall–Kier alpha value is -3.62. The summed E-state index contributed by atoms with van der Waals surface area (Å²) in [4.78, 5) is 13.9. The van der Waals surface area contributed by atoms with Crippen molar-refractivity contribution in [3.05, 3.63) is 77.6 Å². The van der Waals surface area contributed by atoms with Gasteiger partial charge in [0, 0.05) is 36.6 Å². The van der Waals surface area contributed by atoms with E-state index in [-0.39, 0.29) is 6.61 Å². The van der Waals surface area contributed by atoms with E-state index in [2.05, 4.69) is 15.5 Å². The van der Waals surface area contributed by atoms with E-state index in [0.717, 1.165) is 33.8 Å². The zero-order valence-corrected chi connectivity index (χ0v) is 18.9. The lowest BCUT2D eigenvalue weighted by Gasteiger charge is -2.13. The predicted octanol–water partition coefficient (Wildman–Crippen LogP) is 3.36. The van der Waals surface area contributed by atoms with Crippen LogP contribution in [-0.2, 0) is 6.42 Å². The zero-order valence-electron chi connectivity index (χ0n) is 18.9. The number of benzene rings is 1. The summed E-state index contributed by atoms with van der Waals surface area (Å²) in [7, 11) is 1.79. The molecule has 0 saturated heterocycles. The van der Waals surface area contributed by atoms with Crippen molar-refractivity contribution in [2.24, 2.45) is 0 Å². The number of aliphatic hydroxyl groups excluding tert-OH is 1. The lowest BCUT2D eigenvalue weighted by molar-refractivity contribution is 0.108. The van der Waals surface area contributed by atoms with Crippen molar-refractivity contribution in [2.75, 3.05) is 20.2 Å². The van der Waals surface area contributed by atoms with Crippen molar-refractivity contribution in [2.45, 2.75) is 26.4 Å². The normalized spacial score (nSPS) is 12.0. The molecule has 8 heteroatoms. The molecule has 0 radical (unpaired) electrons. The first-order valence-electron chi connectivity index (χ1n) is 10.8. The highest BCUT2D eigenvalue weighted by Gasteiger charge is 2.17. The Balaban J connectivity index is 1.71. The van der Waals surface area contributed by atoms with Gasteiger partial charge in [-0.1, -0.05) is 23.4 Å². The molecule has 0 aliphatic heterocycles. The van der Waals surface area contributed by atoms with Gasteiger partial charge in [0.05, 0.1) is 17.0 Å². The molecule has 0 aliphatic rings. The topological polar surface area (TPSA) is 106 Å². The summed E-state index contributed by atoms with van der Waals surface area (Å²) in [6.45, 7) is 4.43. The van der Waals surface area contributed by atoms with Crippen LogP contribution in [0.25, 0.3) is 22.6 Å². The number of nitrogens with one attached hydrogen (secondary N) is 1. The van der Waals surface area contributed by atoms with Gasteiger partial charge in [-0.15, -0.1) is 0 Å². The molecule has 4 aromatic rings. The fourth-order valence-corrected chi connectivity index (χ4v) is 3.62. The maximum Gasteiger partial charge on any atom is 0.160 e. The molecule has 1 unspecified atom stereocenters. The lowest BCUT2D eigenvalue weighted by Crippen LogP contribution is -2.29. The third kappa shape index (κ3) is 5.60. The van der Waals surface area contributed by atoms with E-state index in [9.17, 15) is 5.11 Å². The van der Waals surface area contributed by atoms with E-state index in [4.69, 9.17) is 19.2 Å². The smallest absolute Gasteiger partial charge is 0.160 e. The van der Waals surface area contributed by atoms with E-state index < -0.39 is 6.10 Å². The molecule has 0 fully saturated rings. The summed E-state index contributed by atoms with van der Waals surface area (Å²) in [6.07, 6.45) is 3.61. The third-order valence-electron chi connectivity index (χ3n) is 5.15. The molecular formula is C25H27N5O3. The SMILES string of the molecule is CNCC(O)COc1cccc(-c2nc(Cc3cccnc3)cc(-c3c(C)noc3C)n2)c1. The second-order valence-corrected chi connectivity index (χ2v) is 7.86. The number of hydrogen-bond acceptors (Lipinski definition) is 8. The molecule has 2 N–H and O–H groups in total. The van der Waals surface area contributed by atoms with Gasteiger partial charge in [0.1, 0.15) is 24.2 Å². The monoisotopic (exact) mass is 445 g/mol. The van der Waals surface area contributed by atoms with Crippen LogP contribution in [0.15, 0.2) is 59.4 Å². The van der Waals surface area contributed by atoms with Crippen LogP contribution in [0.4, 0.5) is 0 Å². The third-order valence-corrected chi connectivity index (χ3v) is 5.15. The molecule has 1 atom stereocenters. The molecule has 0 spiro atoms. The molecule has 3 aromatic heterocycles. The van der Waals surface area contributed by atoms with Crippen LogP contribution < -0.4 is 10.1 Å². The van der Waals surface area contributed by atoms with Crippen LogP contribution in [0.2, 0.25) is 0 Å². The molecule has 4 rings (SSSR count). The first kappa shape index (κ1) is 22.6. The number of likely N-dealkylation sites (N-methyl/N-ethyl adjacent to an activating group) is 1. The van der Waals surface area contributed by atoms with Crippen molar-refractivity contribution in [1.82, 2.24) is 25.4 Å². The second kappa shape index (κ2) is 10.3. The molecule has 0 amide bonds. The van der Waals surface area contributed by atoms with Gasteiger partial charge in [0.2, 0.25) is 0 Å². The number of aliphatic hydroxyl groups is 1. The fourth-order valence-electron chi connectivity index (χ4n) is 3.62. The molecule has 170 valence electrons. The standard InChI is InChI=1S/C25H27N5O3/c1-16-24(17(2)33-30-16)23-12-20(10-18-6-5-9-27-13-18)28-25(29-23)19-7-4-8-22(11-19)32-15-21(31)14-26-3/h4-9,11-13,21,26,31H,10,14-15H2,1-3H3. The second-order valence-electron chi connectivity index (χ2n) is 7.86. The summed E-state index contributed by atoms with van der Waals surface area (Å²) < 4.78 is 11.1. The molecule has 1 aromatic carbocycles. The summed E-state index contributed by atoms with van der Waals surface area (Å²) in [5.41, 5.74) is 5.14. The Morgan fingerprint density at radius 3 is 2.73 bits per heavy atom. The van der Waals surface area contributed by atoms with Crippen molar-refractivity contribution in [3.8, 4) is 28.4 Å². The maximum atomic E-state index is 9.94. The molecular weight excluding hydrogens is 418 g/mol. The van der Waals surface area contributed by atoms with Crippen molar-refractivity contribution in [1.29, 1.82) is 0 Å². The Morgan fingerprint density at radius 1 is 1.12 bits per heavy atom. The van der Waals surface area contributed by atoms with E-state index in [1.54, 1.807) is 13.2 Å². The Kier molecular flexibility index (Phi) is 7.07. The van der Waals surface area contributed by atoms with Crippen LogP contribution in [0.3, 0.4) is 0 Å². The Labute approximate surface area is 192 Å². The van der Waals surface area contributed by atoms with Crippen LogP contribution in [0.1, 0.15) is 22.7 Å². The molecule has 3 heterocycles. The van der Waals surface area contributed by atoms with Crippen LogP contribution in [0.5, 0.6) is 5.75 Å². The average molecular weight is 446 g/mol. The number of hydrogen-bond donors (Lipinski definition) is 2. The quantitative estimate of drug-likeness (QED) is 0.404. The number of ether oxygens (including phenoxy) is 1. The number of rotatable bonds is 9. The van der Waals surface area contributed by atoms with Gasteiger partial charge in [-0.2, -0.15) is 0 Å². The van der Waals surface area contributed by atoms with Crippen LogP contribution in [0, 0.1) is 13.8 Å². The minimum Gasteiger partial charge on any atom is -0.491 e. The van der Waals surface area contributed by atoms with Gasteiger partial charge in [0.15, 0.2) is 5.82 Å². The highest BCUT2D eigenvalue weighted by molar-refractivity contribution is 5.68. The van der Waals surface area contributed by atoms with Gasteiger partial charge in [-0.25, -0.2) is 9.97 Å². The summed E-state index contributed by atoms with van der Waals surface area (Å²) in [5.74, 6) is 1.93. The van der Waals surface area contributed by atoms with Gasteiger partial charge in [0.25, 0.3) is 0 Å². The molecule has 8 nitrogen and oxygen atoms in total. The zero-order chi connectivity index (χ0) is 23.2. The number of aryl methyl sites for hydroxylation is 2. The van der Waals surface area contributed by atoms with Gasteiger partial charge < -0.3 is 19.7 Å². The summed E-state index contributed by atoms with van der Waals surface area (Å²) >= 11 is 0. The highest BCUT2D eigenvalue weighted by atomic mass is 16.5. The Morgan fingerprint density at radius 2 is 2.00 bits per heavy atom. The molecule has 0 bridgehead atoms. The average Bonchev–Trinajstić information content (AvgIpc) is 3.16. The van der Waals surface area contributed by atoms with Crippen LogP contribution in [-0.4, -0.2) is 51.5 Å². The lowest BCUT2D eigenvalue weighted by atomic mass is 10.1. The number of aromatic nitrogens is 4. The first-order chi connectivity index (χ1) is 16.0. The molecule has 0 saturated carbocycles. The van der Waals surface area contributed by atoms with Crippen molar-refractivity contribution >= 4 is 0 Å². The van der Waals surface area contributed by atoms with E-state index in [0.29, 0.717) is 30.3 Å². The summed E-state index contributed by atoms with van der Waals surface area (Å²) in [5, 5.41) is 16.9. The van der Waals surface area contributed by atoms with E-state index >= 15 is 0 Å². The van der Waals surface area contributed by atoms with Crippen LogP contribution >= 0.6 is 0 Å². The maximum absolute atomic E-state index is 9.94. The van der Waals surface area contributed by atoms with Crippen molar-refractivity contribution < 1.29 is 14.4 Å². The van der Waals surface area contributed by atoms with E-state index in [1.807, 2.05) is 62.5 Å². The molecule has 33 heavy (non-hydrogen) atoms. The van der Waals surface area contributed by atoms with Crippen molar-refractivity contribution in [3.63, 3.8) is 0 Å². The predicted molar refractivity (Wildman–Crippen MR) is 125 cm³/mol. The van der Waals surface area contributed by atoms with Gasteiger partial charge in [-0.05, 0) is 50.7 Å². The highest BCUT2D eigenvalue weighted by Crippen LogP contribution is 2.29. The first-order valence-corrected chi connectivity index (χ1v) is 10.8. The van der Waals surface area contributed by atoms with Gasteiger partial charge >= 0.3 is 0 Å². The largest absolute Gasteiger partial charge is 0.491 e. The minimum absolute atomic E-state index is 0.191.